The summed E-state index contributed by atoms with van der Waals surface area (Å²) in [6.45, 7) is 0.458. The van der Waals surface area contributed by atoms with E-state index in [4.69, 9.17) is 4.42 Å². The molecular weight excluding hydrogens is 306 g/mol. The van der Waals surface area contributed by atoms with Crippen LogP contribution in [0, 0.1) is 0 Å². The third-order valence-electron chi connectivity index (χ3n) is 4.50. The molecule has 1 fully saturated rings. The van der Waals surface area contributed by atoms with Gasteiger partial charge in [0, 0.05) is 18.4 Å². The quantitative estimate of drug-likeness (QED) is 0.591. The van der Waals surface area contributed by atoms with E-state index in [0.717, 1.165) is 5.69 Å². The van der Waals surface area contributed by atoms with Crippen molar-refractivity contribution in [1.29, 1.82) is 0 Å². The van der Waals surface area contributed by atoms with E-state index in [1.54, 1.807) is 23.2 Å². The normalized spacial score (nSPS) is 20.5. The Morgan fingerprint density at radius 3 is 2.71 bits per heavy atom. The van der Waals surface area contributed by atoms with E-state index in [0.29, 0.717) is 24.2 Å². The first kappa shape index (κ1) is 14.4. The number of rotatable bonds is 4. The van der Waals surface area contributed by atoms with Crippen molar-refractivity contribution in [2.45, 2.75) is 11.8 Å². The number of aromatic amines is 1. The van der Waals surface area contributed by atoms with Gasteiger partial charge in [-0.2, -0.15) is 5.10 Å². The average Bonchev–Trinajstić information content (AvgIpc) is 3.36. The largest absolute Gasteiger partial charge is 0.472 e. The number of aromatic nitrogens is 2. The third-order valence-corrected chi connectivity index (χ3v) is 4.50. The van der Waals surface area contributed by atoms with Crippen molar-refractivity contribution in [3.63, 3.8) is 0 Å². The zero-order chi connectivity index (χ0) is 16.6. The van der Waals surface area contributed by atoms with Crippen molar-refractivity contribution in [2.24, 2.45) is 0 Å². The Morgan fingerprint density at radius 1 is 1.21 bits per heavy atom. The molecule has 1 amide bonds. The number of ketones is 1. The standard InChI is InChI=1S/C18H15N3O3/c22-16(13-7-11-24-12-13)18(15-6-9-19-20-15)8-10-21(17(18)23)14-4-2-1-3-5-14/h1-7,9,11-12H,8,10H2,(H,19,20). The molecule has 0 bridgehead atoms. The van der Waals surface area contributed by atoms with E-state index in [1.165, 1.54) is 12.5 Å². The smallest absolute Gasteiger partial charge is 0.247 e. The Bertz CT molecular complexity index is 856. The second kappa shape index (κ2) is 5.49. The molecule has 0 aliphatic carbocycles. The molecule has 0 saturated carbocycles. The highest BCUT2D eigenvalue weighted by Crippen LogP contribution is 2.40. The number of nitrogens with one attached hydrogen (secondary N) is 1. The highest BCUT2D eigenvalue weighted by Gasteiger charge is 2.55. The van der Waals surface area contributed by atoms with Gasteiger partial charge < -0.3 is 9.32 Å². The van der Waals surface area contributed by atoms with Crippen LogP contribution in [-0.4, -0.2) is 28.4 Å². The number of H-pyrrole nitrogens is 1. The Labute approximate surface area is 138 Å². The number of benzene rings is 1. The fourth-order valence-electron chi connectivity index (χ4n) is 3.28. The molecule has 3 heterocycles. The number of Topliss-reactive ketones (excluding diaryl/α,β-unsaturated/α-hetero) is 1. The molecular formula is C18H15N3O3. The lowest BCUT2D eigenvalue weighted by Gasteiger charge is -2.24. The van der Waals surface area contributed by atoms with Crippen molar-refractivity contribution < 1.29 is 14.0 Å². The highest BCUT2D eigenvalue weighted by atomic mass is 16.3. The van der Waals surface area contributed by atoms with Crippen LogP contribution in [0.5, 0.6) is 0 Å². The van der Waals surface area contributed by atoms with Crippen LogP contribution in [0.1, 0.15) is 22.5 Å². The van der Waals surface area contributed by atoms with Gasteiger partial charge in [0.2, 0.25) is 5.91 Å². The van der Waals surface area contributed by atoms with Crippen LogP contribution in [0.4, 0.5) is 5.69 Å². The second-order valence-electron chi connectivity index (χ2n) is 5.75. The Morgan fingerprint density at radius 2 is 2.04 bits per heavy atom. The molecule has 6 nitrogen and oxygen atoms in total. The Kier molecular flexibility index (Phi) is 3.30. The molecule has 1 atom stereocenters. The summed E-state index contributed by atoms with van der Waals surface area (Å²) in [5.74, 6) is -0.543. The fraction of sp³-hybridized carbons (Fsp3) is 0.167. The number of carbonyl (C=O) groups is 2. The molecule has 24 heavy (non-hydrogen) atoms. The summed E-state index contributed by atoms with van der Waals surface area (Å²) in [5.41, 5.74) is 0.276. The molecule has 2 aromatic heterocycles. The second-order valence-corrected chi connectivity index (χ2v) is 5.75. The van der Waals surface area contributed by atoms with Crippen LogP contribution < -0.4 is 4.90 Å². The van der Waals surface area contributed by atoms with Gasteiger partial charge >= 0.3 is 0 Å². The van der Waals surface area contributed by atoms with Gasteiger partial charge in [-0.05, 0) is 30.7 Å². The van der Waals surface area contributed by atoms with E-state index in [9.17, 15) is 9.59 Å². The van der Waals surface area contributed by atoms with Gasteiger partial charge in [0.05, 0.1) is 17.5 Å². The number of carbonyl (C=O) groups excluding carboxylic acids is 2. The highest BCUT2D eigenvalue weighted by molar-refractivity contribution is 6.23. The maximum Gasteiger partial charge on any atom is 0.247 e. The minimum absolute atomic E-state index is 0.257. The molecule has 1 unspecified atom stereocenters. The number of furan rings is 1. The predicted octanol–water partition coefficient (Wildman–Crippen LogP) is 2.56. The van der Waals surface area contributed by atoms with Gasteiger partial charge in [-0.3, -0.25) is 14.7 Å². The predicted molar refractivity (Wildman–Crippen MR) is 86.7 cm³/mol. The monoisotopic (exact) mass is 321 g/mol. The van der Waals surface area contributed by atoms with Gasteiger partial charge in [-0.15, -0.1) is 0 Å². The first-order valence-corrected chi connectivity index (χ1v) is 7.68. The summed E-state index contributed by atoms with van der Waals surface area (Å²) in [6.07, 6.45) is 4.79. The SMILES string of the molecule is O=C(c1ccoc1)C1(c2cc[nH]n2)CCN(c2ccccc2)C1=O. The number of anilines is 1. The van der Waals surface area contributed by atoms with Gasteiger partial charge in [0.15, 0.2) is 11.2 Å². The van der Waals surface area contributed by atoms with Gasteiger partial charge in [-0.1, -0.05) is 18.2 Å². The van der Waals surface area contributed by atoms with Crippen molar-refractivity contribution in [3.05, 3.63) is 72.4 Å². The molecule has 0 spiro atoms. The summed E-state index contributed by atoms with van der Waals surface area (Å²) in [6, 6.07) is 12.6. The molecule has 1 aliphatic rings. The third kappa shape index (κ3) is 2.00. The minimum atomic E-state index is -1.32. The van der Waals surface area contributed by atoms with Crippen LogP contribution in [0.15, 0.2) is 65.6 Å². The maximum absolute atomic E-state index is 13.3. The molecule has 1 N–H and O–H groups in total. The topological polar surface area (TPSA) is 79.2 Å². The first-order chi connectivity index (χ1) is 11.7. The van der Waals surface area contributed by atoms with Crippen LogP contribution in [0.25, 0.3) is 0 Å². The number of nitrogens with zero attached hydrogens (tertiary/aromatic N) is 2. The van der Waals surface area contributed by atoms with E-state index in [2.05, 4.69) is 10.2 Å². The summed E-state index contributed by atoms with van der Waals surface area (Å²) in [5, 5.41) is 6.87. The van der Waals surface area contributed by atoms with Gasteiger partial charge in [0.25, 0.3) is 0 Å². The van der Waals surface area contributed by atoms with Crippen LogP contribution in [0.2, 0.25) is 0 Å². The summed E-state index contributed by atoms with van der Waals surface area (Å²) >= 11 is 0. The van der Waals surface area contributed by atoms with Crippen LogP contribution in [-0.2, 0) is 10.2 Å². The zero-order valence-electron chi connectivity index (χ0n) is 12.8. The van der Waals surface area contributed by atoms with E-state index in [1.807, 2.05) is 30.3 Å². The molecule has 1 saturated heterocycles. The lowest BCUT2D eigenvalue weighted by molar-refractivity contribution is -0.120. The maximum atomic E-state index is 13.3. The minimum Gasteiger partial charge on any atom is -0.472 e. The number of hydrogen-bond donors (Lipinski definition) is 1. The number of hydrogen-bond acceptors (Lipinski definition) is 4. The number of para-hydroxylation sites is 1. The molecule has 1 aliphatic heterocycles. The van der Waals surface area contributed by atoms with Crippen LogP contribution >= 0.6 is 0 Å². The molecule has 4 rings (SSSR count). The summed E-state index contributed by atoms with van der Waals surface area (Å²) < 4.78 is 5.03. The number of amides is 1. The fourth-order valence-corrected chi connectivity index (χ4v) is 3.28. The van der Waals surface area contributed by atoms with E-state index >= 15 is 0 Å². The van der Waals surface area contributed by atoms with E-state index < -0.39 is 5.41 Å². The molecule has 0 radical (unpaired) electrons. The molecule has 1 aromatic carbocycles. The Balaban J connectivity index is 1.81. The summed E-state index contributed by atoms with van der Waals surface area (Å²) in [4.78, 5) is 28.1. The molecule has 6 heteroatoms. The molecule has 3 aromatic rings. The zero-order valence-corrected chi connectivity index (χ0v) is 12.8. The molecule has 120 valence electrons. The lowest BCUT2D eigenvalue weighted by Crippen LogP contribution is -2.44. The van der Waals surface area contributed by atoms with Gasteiger partial charge in [-0.25, -0.2) is 0 Å². The van der Waals surface area contributed by atoms with Gasteiger partial charge in [0.1, 0.15) is 6.26 Å². The van der Waals surface area contributed by atoms with Crippen molar-refractivity contribution in [2.75, 3.05) is 11.4 Å². The van der Waals surface area contributed by atoms with Crippen molar-refractivity contribution in [3.8, 4) is 0 Å². The van der Waals surface area contributed by atoms with E-state index in [-0.39, 0.29) is 11.7 Å². The first-order valence-electron chi connectivity index (χ1n) is 7.68. The summed E-state index contributed by atoms with van der Waals surface area (Å²) in [7, 11) is 0. The lowest BCUT2D eigenvalue weighted by atomic mass is 9.76. The van der Waals surface area contributed by atoms with Crippen molar-refractivity contribution >= 4 is 17.4 Å². The van der Waals surface area contributed by atoms with Crippen molar-refractivity contribution in [1.82, 2.24) is 10.2 Å². The average molecular weight is 321 g/mol. The Hall–Kier alpha value is -3.15. The van der Waals surface area contributed by atoms with Crippen LogP contribution in [0.3, 0.4) is 0 Å².